The Balaban J connectivity index is 1.97. The van der Waals surface area contributed by atoms with Crippen LogP contribution in [0.15, 0.2) is 6.20 Å². The van der Waals surface area contributed by atoms with Gasteiger partial charge < -0.3 is 5.11 Å². The molecule has 1 aromatic rings. The fraction of sp³-hybridized carbons (Fsp3) is 0.824. The van der Waals surface area contributed by atoms with Crippen LogP contribution in [0.25, 0.3) is 0 Å². The van der Waals surface area contributed by atoms with Crippen molar-refractivity contribution in [1.29, 1.82) is 0 Å². The summed E-state index contributed by atoms with van der Waals surface area (Å²) in [6.07, 6.45) is 3.05. The van der Waals surface area contributed by atoms with Crippen LogP contribution in [-0.4, -0.2) is 63.5 Å². The van der Waals surface area contributed by atoms with Gasteiger partial charge in [0.15, 0.2) is 0 Å². The molecular weight excluding hydrogens is 276 g/mol. The number of piperazine rings is 1. The minimum absolute atomic E-state index is 0.278. The molecule has 1 fully saturated rings. The average Bonchev–Trinajstić information content (AvgIpc) is 2.82. The molecule has 126 valence electrons. The van der Waals surface area contributed by atoms with Gasteiger partial charge in [0.05, 0.1) is 5.69 Å². The number of hydrogen-bond acceptors (Lipinski definition) is 4. The zero-order valence-electron chi connectivity index (χ0n) is 14.6. The standard InChI is InChI=1S/C17H32N4O/c1-5-21-12-16(15(4)18-21)11-19-7-8-20(10-14(2)3)17(13-19)6-9-22/h12,14,17,22H,5-11,13H2,1-4H3/t17-/m0/s1. The van der Waals surface area contributed by atoms with Crippen molar-refractivity contribution >= 4 is 0 Å². The van der Waals surface area contributed by atoms with Crippen LogP contribution in [0.2, 0.25) is 0 Å². The maximum Gasteiger partial charge on any atom is 0.0638 e. The lowest BCUT2D eigenvalue weighted by Crippen LogP contribution is -2.53. The highest BCUT2D eigenvalue weighted by atomic mass is 16.3. The first-order valence-corrected chi connectivity index (χ1v) is 8.63. The highest BCUT2D eigenvalue weighted by molar-refractivity contribution is 5.15. The minimum atomic E-state index is 0.278. The molecule has 22 heavy (non-hydrogen) atoms. The second-order valence-corrected chi connectivity index (χ2v) is 6.89. The molecule has 0 bridgehead atoms. The van der Waals surface area contributed by atoms with E-state index in [-0.39, 0.29) is 6.61 Å². The SMILES string of the molecule is CCn1cc(CN2CCN(CC(C)C)[C@@H](CCO)C2)c(C)n1. The van der Waals surface area contributed by atoms with Crippen molar-refractivity contribution < 1.29 is 5.11 Å². The van der Waals surface area contributed by atoms with Crippen molar-refractivity contribution in [2.24, 2.45) is 5.92 Å². The van der Waals surface area contributed by atoms with E-state index in [9.17, 15) is 5.11 Å². The summed E-state index contributed by atoms with van der Waals surface area (Å²) in [7, 11) is 0. The van der Waals surface area contributed by atoms with Crippen LogP contribution in [0.1, 0.15) is 38.4 Å². The van der Waals surface area contributed by atoms with Crippen molar-refractivity contribution in [3.05, 3.63) is 17.5 Å². The van der Waals surface area contributed by atoms with Gasteiger partial charge in [0.1, 0.15) is 0 Å². The molecule has 2 heterocycles. The highest BCUT2D eigenvalue weighted by Gasteiger charge is 2.27. The summed E-state index contributed by atoms with van der Waals surface area (Å²) in [5.74, 6) is 0.678. The molecule has 5 nitrogen and oxygen atoms in total. The first-order valence-electron chi connectivity index (χ1n) is 8.63. The fourth-order valence-electron chi connectivity index (χ4n) is 3.35. The van der Waals surface area contributed by atoms with E-state index in [0.29, 0.717) is 12.0 Å². The molecule has 0 unspecified atom stereocenters. The zero-order chi connectivity index (χ0) is 16.1. The molecule has 0 amide bonds. The second kappa shape index (κ2) is 8.09. The lowest BCUT2D eigenvalue weighted by atomic mass is 10.1. The number of nitrogens with zero attached hydrogens (tertiary/aromatic N) is 4. The molecule has 1 aromatic heterocycles. The predicted molar refractivity (Wildman–Crippen MR) is 89.8 cm³/mol. The normalized spacial score (nSPS) is 20.9. The summed E-state index contributed by atoms with van der Waals surface area (Å²) >= 11 is 0. The van der Waals surface area contributed by atoms with E-state index < -0.39 is 0 Å². The lowest BCUT2D eigenvalue weighted by Gasteiger charge is -2.42. The molecule has 0 spiro atoms. The lowest BCUT2D eigenvalue weighted by molar-refractivity contribution is 0.0476. The number of rotatable bonds is 7. The Morgan fingerprint density at radius 1 is 1.36 bits per heavy atom. The van der Waals surface area contributed by atoms with E-state index in [1.807, 2.05) is 4.68 Å². The molecule has 1 atom stereocenters. The molecule has 1 N–H and O–H groups in total. The topological polar surface area (TPSA) is 44.5 Å². The molecule has 1 aliphatic heterocycles. The van der Waals surface area contributed by atoms with Crippen LogP contribution in [-0.2, 0) is 13.1 Å². The minimum Gasteiger partial charge on any atom is -0.396 e. The van der Waals surface area contributed by atoms with Crippen LogP contribution in [0.3, 0.4) is 0 Å². The van der Waals surface area contributed by atoms with Crippen LogP contribution in [0, 0.1) is 12.8 Å². The molecule has 0 aromatic carbocycles. The molecule has 1 aliphatic rings. The molecule has 0 radical (unpaired) electrons. The van der Waals surface area contributed by atoms with Gasteiger partial charge in [-0.05, 0) is 26.2 Å². The van der Waals surface area contributed by atoms with Gasteiger partial charge in [-0.25, -0.2) is 0 Å². The number of hydrogen-bond donors (Lipinski definition) is 1. The van der Waals surface area contributed by atoms with Crippen LogP contribution in [0.5, 0.6) is 0 Å². The van der Waals surface area contributed by atoms with E-state index >= 15 is 0 Å². The predicted octanol–water partition coefficient (Wildman–Crippen LogP) is 1.74. The Hall–Kier alpha value is -0.910. The smallest absolute Gasteiger partial charge is 0.0638 e. The third kappa shape index (κ3) is 4.54. The molecule has 2 rings (SSSR count). The van der Waals surface area contributed by atoms with Gasteiger partial charge in [-0.3, -0.25) is 14.5 Å². The summed E-state index contributed by atoms with van der Waals surface area (Å²) in [5, 5.41) is 13.9. The Bertz CT molecular complexity index is 458. The summed E-state index contributed by atoms with van der Waals surface area (Å²) in [6, 6.07) is 0.475. The monoisotopic (exact) mass is 308 g/mol. The number of aryl methyl sites for hydroxylation is 2. The van der Waals surface area contributed by atoms with E-state index in [2.05, 4.69) is 48.8 Å². The van der Waals surface area contributed by atoms with Gasteiger partial charge >= 0.3 is 0 Å². The van der Waals surface area contributed by atoms with Gasteiger partial charge in [-0.2, -0.15) is 5.10 Å². The quantitative estimate of drug-likeness (QED) is 0.833. The first kappa shape index (κ1) is 17.4. The van der Waals surface area contributed by atoms with Gasteiger partial charge in [0.25, 0.3) is 0 Å². The highest BCUT2D eigenvalue weighted by Crippen LogP contribution is 2.18. The third-order valence-electron chi connectivity index (χ3n) is 4.52. The van der Waals surface area contributed by atoms with E-state index in [1.165, 1.54) is 5.56 Å². The van der Waals surface area contributed by atoms with Crippen LogP contribution < -0.4 is 0 Å². The Morgan fingerprint density at radius 2 is 2.14 bits per heavy atom. The molecule has 0 aliphatic carbocycles. The Kier molecular flexibility index (Phi) is 6.41. The Morgan fingerprint density at radius 3 is 2.73 bits per heavy atom. The van der Waals surface area contributed by atoms with Crippen LogP contribution in [0.4, 0.5) is 0 Å². The number of aromatic nitrogens is 2. The number of aliphatic hydroxyl groups excluding tert-OH is 1. The van der Waals surface area contributed by atoms with Gasteiger partial charge in [0.2, 0.25) is 0 Å². The van der Waals surface area contributed by atoms with Crippen molar-refractivity contribution in [3.63, 3.8) is 0 Å². The largest absolute Gasteiger partial charge is 0.396 e. The van der Waals surface area contributed by atoms with Gasteiger partial charge in [-0.15, -0.1) is 0 Å². The number of aliphatic hydroxyl groups is 1. The summed E-state index contributed by atoms with van der Waals surface area (Å²) < 4.78 is 2.02. The third-order valence-corrected chi connectivity index (χ3v) is 4.52. The molecule has 1 saturated heterocycles. The van der Waals surface area contributed by atoms with E-state index in [0.717, 1.165) is 51.4 Å². The zero-order valence-corrected chi connectivity index (χ0v) is 14.6. The summed E-state index contributed by atoms with van der Waals surface area (Å²) in [6.45, 7) is 15.3. The fourth-order valence-corrected chi connectivity index (χ4v) is 3.35. The van der Waals surface area contributed by atoms with Crippen molar-refractivity contribution in [3.8, 4) is 0 Å². The average molecular weight is 308 g/mol. The van der Waals surface area contributed by atoms with E-state index in [4.69, 9.17) is 0 Å². The van der Waals surface area contributed by atoms with Crippen molar-refractivity contribution in [2.45, 2.75) is 53.2 Å². The van der Waals surface area contributed by atoms with Crippen molar-refractivity contribution in [2.75, 3.05) is 32.8 Å². The first-order chi connectivity index (χ1) is 10.5. The summed E-state index contributed by atoms with van der Waals surface area (Å²) in [4.78, 5) is 5.07. The van der Waals surface area contributed by atoms with E-state index in [1.54, 1.807) is 0 Å². The molecule has 0 saturated carbocycles. The second-order valence-electron chi connectivity index (χ2n) is 6.89. The van der Waals surface area contributed by atoms with Crippen molar-refractivity contribution in [1.82, 2.24) is 19.6 Å². The maximum atomic E-state index is 9.37. The summed E-state index contributed by atoms with van der Waals surface area (Å²) in [5.41, 5.74) is 2.48. The maximum absolute atomic E-state index is 9.37. The molecule has 5 heteroatoms. The van der Waals surface area contributed by atoms with Gasteiger partial charge in [0, 0.05) is 63.7 Å². The Labute approximate surface area is 134 Å². The molecular formula is C17H32N4O. The van der Waals surface area contributed by atoms with Crippen LogP contribution >= 0.6 is 0 Å². The van der Waals surface area contributed by atoms with Gasteiger partial charge in [-0.1, -0.05) is 13.8 Å².